The van der Waals surface area contributed by atoms with Crippen molar-refractivity contribution in [3.05, 3.63) is 59.9 Å². The molecule has 7 heteroatoms. The molecule has 0 aromatic heterocycles. The fourth-order valence-corrected chi connectivity index (χ4v) is 2.10. The number of halogens is 1. The molecular weight excluding hydrogens is 329 g/mol. The average molecular weight is 343 g/mol. The Morgan fingerprint density at radius 3 is 2.68 bits per heavy atom. The molecule has 0 unspecified atom stereocenters. The van der Waals surface area contributed by atoms with Gasteiger partial charge in [-0.25, -0.2) is 9.18 Å². The summed E-state index contributed by atoms with van der Waals surface area (Å²) in [5, 5.41) is 2.49. The van der Waals surface area contributed by atoms with Crippen LogP contribution in [0.25, 0.3) is 6.08 Å². The highest BCUT2D eigenvalue weighted by Gasteiger charge is 2.12. The number of carbonyl (C=O) groups excluding carboxylic acids is 2. The van der Waals surface area contributed by atoms with Gasteiger partial charge >= 0.3 is 5.97 Å². The lowest BCUT2D eigenvalue weighted by atomic mass is 10.2. The van der Waals surface area contributed by atoms with E-state index in [1.807, 2.05) is 0 Å². The van der Waals surface area contributed by atoms with E-state index in [9.17, 15) is 14.0 Å². The fourth-order valence-electron chi connectivity index (χ4n) is 2.10. The molecule has 2 aromatic rings. The molecule has 0 radical (unpaired) electrons. The monoisotopic (exact) mass is 343 g/mol. The van der Waals surface area contributed by atoms with Crippen LogP contribution >= 0.6 is 0 Å². The Morgan fingerprint density at radius 2 is 1.88 bits per heavy atom. The smallest absolute Gasteiger partial charge is 0.331 e. The van der Waals surface area contributed by atoms with Crippen molar-refractivity contribution in [3.63, 3.8) is 0 Å². The van der Waals surface area contributed by atoms with Crippen LogP contribution in [0, 0.1) is 5.82 Å². The number of hydrogen-bond acceptors (Lipinski definition) is 5. The standard InChI is InChI=1S/C18H14FNO5/c19-13-3-5-14(6-4-13)20-17(21)10-23-18(22)8-2-12-1-7-15-16(9-12)25-11-24-15/h1-9H,10-11H2,(H,20,21)/b8-2+. The summed E-state index contributed by atoms with van der Waals surface area (Å²) < 4.78 is 28.1. The number of anilines is 1. The first-order valence-electron chi connectivity index (χ1n) is 7.40. The SMILES string of the molecule is O=C(COC(=O)/C=C/c1ccc2c(c1)OCO2)Nc1ccc(F)cc1. The molecule has 0 spiro atoms. The number of fused-ring (bicyclic) bond motifs is 1. The number of rotatable bonds is 5. The molecule has 0 atom stereocenters. The summed E-state index contributed by atoms with van der Waals surface area (Å²) in [6, 6.07) is 10.5. The largest absolute Gasteiger partial charge is 0.454 e. The third kappa shape index (κ3) is 4.57. The van der Waals surface area contributed by atoms with Gasteiger partial charge in [-0.3, -0.25) is 4.79 Å². The first-order chi connectivity index (χ1) is 12.1. The summed E-state index contributed by atoms with van der Waals surface area (Å²) in [6.45, 7) is -0.268. The van der Waals surface area contributed by atoms with Crippen LogP contribution in [0.2, 0.25) is 0 Å². The van der Waals surface area contributed by atoms with Crippen molar-refractivity contribution in [3.8, 4) is 11.5 Å². The topological polar surface area (TPSA) is 73.9 Å². The van der Waals surface area contributed by atoms with E-state index in [1.54, 1.807) is 24.3 Å². The first-order valence-corrected chi connectivity index (χ1v) is 7.40. The molecule has 1 aliphatic heterocycles. The van der Waals surface area contributed by atoms with Crippen LogP contribution in [0.3, 0.4) is 0 Å². The second-order valence-corrected chi connectivity index (χ2v) is 5.11. The van der Waals surface area contributed by atoms with Crippen molar-refractivity contribution in [2.45, 2.75) is 0 Å². The van der Waals surface area contributed by atoms with Crippen LogP contribution in [-0.4, -0.2) is 25.3 Å². The Balaban J connectivity index is 1.47. The number of esters is 1. The third-order valence-electron chi connectivity index (χ3n) is 3.28. The van der Waals surface area contributed by atoms with E-state index in [0.717, 1.165) is 5.56 Å². The maximum Gasteiger partial charge on any atom is 0.331 e. The minimum atomic E-state index is -0.660. The number of nitrogens with one attached hydrogen (secondary N) is 1. The maximum atomic E-state index is 12.8. The second kappa shape index (κ2) is 7.48. The minimum Gasteiger partial charge on any atom is -0.454 e. The molecule has 1 aliphatic rings. The van der Waals surface area contributed by atoms with E-state index >= 15 is 0 Å². The maximum absolute atomic E-state index is 12.8. The fraction of sp³-hybridized carbons (Fsp3) is 0.111. The van der Waals surface area contributed by atoms with Crippen molar-refractivity contribution < 1.29 is 28.2 Å². The molecule has 3 rings (SSSR count). The van der Waals surface area contributed by atoms with Gasteiger partial charge in [0, 0.05) is 11.8 Å². The lowest BCUT2D eigenvalue weighted by molar-refractivity contribution is -0.142. The van der Waals surface area contributed by atoms with Crippen molar-refractivity contribution in [1.29, 1.82) is 0 Å². The highest BCUT2D eigenvalue weighted by atomic mass is 19.1. The zero-order chi connectivity index (χ0) is 17.6. The lowest BCUT2D eigenvalue weighted by Crippen LogP contribution is -2.20. The van der Waals surface area contributed by atoms with Crippen LogP contribution in [0.1, 0.15) is 5.56 Å². The molecule has 0 fully saturated rings. The molecule has 128 valence electrons. The van der Waals surface area contributed by atoms with Crippen LogP contribution in [0.4, 0.5) is 10.1 Å². The van der Waals surface area contributed by atoms with E-state index in [0.29, 0.717) is 17.2 Å². The summed E-state index contributed by atoms with van der Waals surface area (Å²) in [6.07, 6.45) is 2.75. The highest BCUT2D eigenvalue weighted by Crippen LogP contribution is 2.32. The quantitative estimate of drug-likeness (QED) is 0.667. The number of carbonyl (C=O) groups is 2. The van der Waals surface area contributed by atoms with Gasteiger partial charge in [-0.1, -0.05) is 6.07 Å². The first kappa shape index (κ1) is 16.5. The highest BCUT2D eigenvalue weighted by molar-refractivity contribution is 5.94. The van der Waals surface area contributed by atoms with Gasteiger partial charge in [0.15, 0.2) is 18.1 Å². The summed E-state index contributed by atoms with van der Waals surface area (Å²) in [5.74, 6) is -0.326. The van der Waals surface area contributed by atoms with Crippen LogP contribution in [-0.2, 0) is 14.3 Å². The van der Waals surface area contributed by atoms with E-state index < -0.39 is 24.3 Å². The number of hydrogen-bond donors (Lipinski definition) is 1. The van der Waals surface area contributed by atoms with Gasteiger partial charge in [-0.05, 0) is 48.0 Å². The Labute approximate surface area is 142 Å². The molecule has 6 nitrogen and oxygen atoms in total. The summed E-state index contributed by atoms with van der Waals surface area (Å²) >= 11 is 0. The number of benzene rings is 2. The average Bonchev–Trinajstić information content (AvgIpc) is 3.08. The molecule has 0 saturated carbocycles. The van der Waals surface area contributed by atoms with Crippen LogP contribution in [0.5, 0.6) is 11.5 Å². The van der Waals surface area contributed by atoms with Gasteiger partial charge in [0.05, 0.1) is 0 Å². The zero-order valence-electron chi connectivity index (χ0n) is 13.0. The van der Waals surface area contributed by atoms with Crippen LogP contribution in [0.15, 0.2) is 48.5 Å². The zero-order valence-corrected chi connectivity index (χ0v) is 13.0. The van der Waals surface area contributed by atoms with Gasteiger partial charge in [0.25, 0.3) is 5.91 Å². The third-order valence-corrected chi connectivity index (χ3v) is 3.28. The Bertz CT molecular complexity index is 817. The molecule has 0 saturated heterocycles. The summed E-state index contributed by atoms with van der Waals surface area (Å²) in [4.78, 5) is 23.3. The van der Waals surface area contributed by atoms with Crippen molar-refractivity contribution in [1.82, 2.24) is 0 Å². The van der Waals surface area contributed by atoms with Crippen molar-refractivity contribution >= 4 is 23.6 Å². The van der Waals surface area contributed by atoms with Gasteiger partial charge in [-0.2, -0.15) is 0 Å². The van der Waals surface area contributed by atoms with E-state index in [1.165, 1.54) is 30.3 Å². The number of ether oxygens (including phenoxy) is 3. The predicted molar refractivity (Wildman–Crippen MR) is 87.6 cm³/mol. The molecule has 1 N–H and O–H groups in total. The summed E-state index contributed by atoms with van der Waals surface area (Å²) in [5.41, 5.74) is 1.15. The van der Waals surface area contributed by atoms with E-state index in [4.69, 9.17) is 14.2 Å². The molecule has 25 heavy (non-hydrogen) atoms. The van der Waals surface area contributed by atoms with Gasteiger partial charge < -0.3 is 19.5 Å². The predicted octanol–water partition coefficient (Wildman–Crippen LogP) is 2.75. The Morgan fingerprint density at radius 1 is 1.12 bits per heavy atom. The molecular formula is C18H14FNO5. The normalized spacial score (nSPS) is 12.2. The second-order valence-electron chi connectivity index (χ2n) is 5.11. The minimum absolute atomic E-state index is 0.174. The van der Waals surface area contributed by atoms with Gasteiger partial charge in [-0.15, -0.1) is 0 Å². The number of amides is 1. The molecule has 0 aliphatic carbocycles. The molecule has 1 amide bonds. The Kier molecular flexibility index (Phi) is 4.94. The van der Waals surface area contributed by atoms with Gasteiger partial charge in [0.2, 0.25) is 6.79 Å². The van der Waals surface area contributed by atoms with Crippen molar-refractivity contribution in [2.24, 2.45) is 0 Å². The van der Waals surface area contributed by atoms with Crippen molar-refractivity contribution in [2.75, 3.05) is 18.7 Å². The van der Waals surface area contributed by atoms with E-state index in [2.05, 4.69) is 5.32 Å². The molecule has 1 heterocycles. The molecule has 2 aromatic carbocycles. The van der Waals surface area contributed by atoms with Gasteiger partial charge in [0.1, 0.15) is 5.82 Å². The molecule has 0 bridgehead atoms. The van der Waals surface area contributed by atoms with E-state index in [-0.39, 0.29) is 6.79 Å². The Hall–Kier alpha value is -3.35. The summed E-state index contributed by atoms with van der Waals surface area (Å²) in [7, 11) is 0. The lowest BCUT2D eigenvalue weighted by Gasteiger charge is -2.05. The van der Waals surface area contributed by atoms with Crippen LogP contribution < -0.4 is 14.8 Å².